The van der Waals surface area contributed by atoms with Gasteiger partial charge in [0, 0.05) is 18.3 Å². The highest BCUT2D eigenvalue weighted by Crippen LogP contribution is 2.24. The molecule has 2 aromatic rings. The van der Waals surface area contributed by atoms with Crippen molar-refractivity contribution in [1.82, 2.24) is 10.6 Å². The van der Waals surface area contributed by atoms with Crippen LogP contribution in [0, 0.1) is 11.6 Å². The van der Waals surface area contributed by atoms with Crippen LogP contribution in [0.2, 0.25) is 0 Å². The average molecular weight is 403 g/mol. The number of benzene rings is 2. The molecule has 0 aliphatic heterocycles. The molecule has 0 bridgehead atoms. The Morgan fingerprint density at radius 3 is 2.38 bits per heavy atom. The van der Waals surface area contributed by atoms with Gasteiger partial charge in [-0.3, -0.25) is 4.79 Å². The van der Waals surface area contributed by atoms with Gasteiger partial charge < -0.3 is 20.7 Å². The predicted molar refractivity (Wildman–Crippen MR) is 105 cm³/mol. The summed E-state index contributed by atoms with van der Waals surface area (Å²) in [6.07, 6.45) is 4.89. The van der Waals surface area contributed by atoms with Crippen LogP contribution < -0.4 is 20.7 Å². The summed E-state index contributed by atoms with van der Waals surface area (Å²) < 4.78 is 31.9. The number of amides is 3. The van der Waals surface area contributed by atoms with Crippen LogP contribution in [-0.2, 0) is 11.3 Å². The first-order valence-electron chi connectivity index (χ1n) is 9.52. The molecule has 8 heteroatoms. The number of hydrogen-bond donors (Lipinski definition) is 3. The van der Waals surface area contributed by atoms with E-state index in [-0.39, 0.29) is 12.2 Å². The SMILES string of the molecule is O=C(CNC(=O)NCc1ccc(OC2CCCC2)cc1)Nc1ccc(F)c(F)c1. The molecule has 0 heterocycles. The van der Waals surface area contributed by atoms with Crippen molar-refractivity contribution in [3.05, 3.63) is 59.7 Å². The molecule has 1 aliphatic rings. The van der Waals surface area contributed by atoms with E-state index in [9.17, 15) is 18.4 Å². The Morgan fingerprint density at radius 1 is 0.966 bits per heavy atom. The largest absolute Gasteiger partial charge is 0.490 e. The van der Waals surface area contributed by atoms with Crippen molar-refractivity contribution in [2.24, 2.45) is 0 Å². The molecule has 0 radical (unpaired) electrons. The van der Waals surface area contributed by atoms with Crippen LogP contribution in [0.5, 0.6) is 5.75 Å². The molecule has 0 unspecified atom stereocenters. The molecule has 0 atom stereocenters. The second kappa shape index (κ2) is 9.86. The first kappa shape index (κ1) is 20.6. The summed E-state index contributed by atoms with van der Waals surface area (Å²) in [5, 5.41) is 7.42. The Bertz CT molecular complexity index is 853. The normalized spacial score (nSPS) is 13.7. The third kappa shape index (κ3) is 6.44. The second-order valence-corrected chi connectivity index (χ2v) is 6.88. The molecule has 0 saturated heterocycles. The van der Waals surface area contributed by atoms with Crippen LogP contribution in [0.4, 0.5) is 19.3 Å². The molecular formula is C21H23F2N3O3. The molecule has 0 aromatic heterocycles. The first-order valence-corrected chi connectivity index (χ1v) is 9.52. The van der Waals surface area contributed by atoms with E-state index in [1.807, 2.05) is 24.3 Å². The van der Waals surface area contributed by atoms with Gasteiger partial charge in [0.05, 0.1) is 12.6 Å². The van der Waals surface area contributed by atoms with Gasteiger partial charge >= 0.3 is 6.03 Å². The van der Waals surface area contributed by atoms with Gasteiger partial charge in [0.1, 0.15) is 5.75 Å². The zero-order valence-corrected chi connectivity index (χ0v) is 15.8. The Kier molecular flexibility index (Phi) is 6.99. The van der Waals surface area contributed by atoms with Crippen molar-refractivity contribution < 1.29 is 23.1 Å². The molecule has 6 nitrogen and oxygen atoms in total. The number of carbonyl (C=O) groups is 2. The van der Waals surface area contributed by atoms with Gasteiger partial charge in [0.2, 0.25) is 5.91 Å². The lowest BCUT2D eigenvalue weighted by Crippen LogP contribution is -2.39. The van der Waals surface area contributed by atoms with Gasteiger partial charge in [-0.15, -0.1) is 0 Å². The Balaban J connectivity index is 1.36. The standard InChI is InChI=1S/C21H23F2N3O3/c22-18-10-7-15(11-19(18)23)26-20(27)13-25-21(28)24-12-14-5-8-17(9-6-14)29-16-3-1-2-4-16/h5-11,16H,1-4,12-13H2,(H,26,27)(H2,24,25,28). The highest BCUT2D eigenvalue weighted by molar-refractivity contribution is 5.94. The van der Waals surface area contributed by atoms with Crippen molar-refractivity contribution >= 4 is 17.6 Å². The number of anilines is 1. The lowest BCUT2D eigenvalue weighted by Gasteiger charge is -2.13. The zero-order chi connectivity index (χ0) is 20.6. The summed E-state index contributed by atoms with van der Waals surface area (Å²) in [5.41, 5.74) is 1.00. The van der Waals surface area contributed by atoms with E-state index in [1.54, 1.807) is 0 Å². The van der Waals surface area contributed by atoms with Crippen molar-refractivity contribution in [3.8, 4) is 5.75 Å². The summed E-state index contributed by atoms with van der Waals surface area (Å²) in [4.78, 5) is 23.6. The van der Waals surface area contributed by atoms with Gasteiger partial charge in [-0.1, -0.05) is 12.1 Å². The predicted octanol–water partition coefficient (Wildman–Crippen LogP) is 3.72. The minimum Gasteiger partial charge on any atom is -0.490 e. The minimum atomic E-state index is -1.06. The first-order chi connectivity index (χ1) is 14.0. The van der Waals surface area contributed by atoms with Gasteiger partial charge in [-0.25, -0.2) is 13.6 Å². The number of hydrogen-bond acceptors (Lipinski definition) is 3. The van der Waals surface area contributed by atoms with E-state index >= 15 is 0 Å². The van der Waals surface area contributed by atoms with Crippen molar-refractivity contribution in [1.29, 1.82) is 0 Å². The highest BCUT2D eigenvalue weighted by atomic mass is 19.2. The Hall–Kier alpha value is -3.16. The lowest BCUT2D eigenvalue weighted by atomic mass is 10.2. The maximum absolute atomic E-state index is 13.1. The van der Waals surface area contributed by atoms with Gasteiger partial charge in [-0.2, -0.15) is 0 Å². The number of halogens is 2. The number of urea groups is 1. The minimum absolute atomic E-state index is 0.107. The molecule has 1 fully saturated rings. The fourth-order valence-electron chi connectivity index (χ4n) is 3.07. The molecular weight excluding hydrogens is 380 g/mol. The summed E-state index contributed by atoms with van der Waals surface area (Å²) in [6.45, 7) is -0.0146. The van der Waals surface area contributed by atoms with E-state index in [0.29, 0.717) is 12.6 Å². The Morgan fingerprint density at radius 2 is 1.69 bits per heavy atom. The molecule has 1 aliphatic carbocycles. The molecule has 0 spiro atoms. The van der Waals surface area contributed by atoms with E-state index in [4.69, 9.17) is 4.74 Å². The average Bonchev–Trinajstić information content (AvgIpc) is 3.22. The summed E-state index contributed by atoms with van der Waals surface area (Å²) in [7, 11) is 0. The van der Waals surface area contributed by atoms with Crippen molar-refractivity contribution in [2.45, 2.75) is 38.3 Å². The van der Waals surface area contributed by atoms with Gasteiger partial charge in [0.25, 0.3) is 0 Å². The monoisotopic (exact) mass is 403 g/mol. The van der Waals surface area contributed by atoms with E-state index in [0.717, 1.165) is 36.3 Å². The fourth-order valence-corrected chi connectivity index (χ4v) is 3.07. The maximum atomic E-state index is 13.1. The smallest absolute Gasteiger partial charge is 0.315 e. The Labute approximate surface area is 167 Å². The number of carbonyl (C=O) groups excluding carboxylic acids is 2. The molecule has 3 amide bonds. The number of ether oxygens (including phenoxy) is 1. The molecule has 1 saturated carbocycles. The second-order valence-electron chi connectivity index (χ2n) is 6.88. The zero-order valence-electron chi connectivity index (χ0n) is 15.8. The quantitative estimate of drug-likeness (QED) is 0.659. The van der Waals surface area contributed by atoms with E-state index in [1.165, 1.54) is 18.9 Å². The summed E-state index contributed by atoms with van der Waals surface area (Å²) in [5.74, 6) is -1.80. The molecule has 154 valence electrons. The van der Waals surface area contributed by atoms with E-state index in [2.05, 4.69) is 16.0 Å². The van der Waals surface area contributed by atoms with Crippen LogP contribution in [0.25, 0.3) is 0 Å². The number of rotatable bonds is 7. The fraction of sp³-hybridized carbons (Fsp3) is 0.333. The highest BCUT2D eigenvalue weighted by Gasteiger charge is 2.16. The van der Waals surface area contributed by atoms with E-state index < -0.39 is 23.6 Å². The lowest BCUT2D eigenvalue weighted by molar-refractivity contribution is -0.115. The topological polar surface area (TPSA) is 79.5 Å². The van der Waals surface area contributed by atoms with Crippen molar-refractivity contribution in [3.63, 3.8) is 0 Å². The van der Waals surface area contributed by atoms with Gasteiger partial charge in [-0.05, 0) is 55.5 Å². The van der Waals surface area contributed by atoms with Crippen LogP contribution in [0.1, 0.15) is 31.2 Å². The molecule has 2 aromatic carbocycles. The molecule has 29 heavy (non-hydrogen) atoms. The van der Waals surface area contributed by atoms with Crippen LogP contribution in [-0.4, -0.2) is 24.6 Å². The maximum Gasteiger partial charge on any atom is 0.315 e. The summed E-state index contributed by atoms with van der Waals surface area (Å²) >= 11 is 0. The third-order valence-electron chi connectivity index (χ3n) is 4.59. The van der Waals surface area contributed by atoms with Crippen LogP contribution in [0.15, 0.2) is 42.5 Å². The van der Waals surface area contributed by atoms with Gasteiger partial charge in [0.15, 0.2) is 11.6 Å². The van der Waals surface area contributed by atoms with Crippen molar-refractivity contribution in [2.75, 3.05) is 11.9 Å². The third-order valence-corrected chi connectivity index (χ3v) is 4.59. The number of nitrogens with one attached hydrogen (secondary N) is 3. The molecule has 3 N–H and O–H groups in total. The molecule has 3 rings (SSSR count). The summed E-state index contributed by atoms with van der Waals surface area (Å²) in [6, 6.07) is 10.0. The van der Waals surface area contributed by atoms with Crippen LogP contribution in [0.3, 0.4) is 0 Å². The van der Waals surface area contributed by atoms with Crippen LogP contribution >= 0.6 is 0 Å².